The van der Waals surface area contributed by atoms with Crippen molar-refractivity contribution < 1.29 is 0 Å². The lowest BCUT2D eigenvalue weighted by atomic mass is 10.0. The van der Waals surface area contributed by atoms with Crippen molar-refractivity contribution in [2.24, 2.45) is 5.10 Å². The number of benzene rings is 1. The molecule has 1 atom stereocenters. The van der Waals surface area contributed by atoms with Crippen molar-refractivity contribution in [3.8, 4) is 0 Å². The summed E-state index contributed by atoms with van der Waals surface area (Å²) in [5, 5.41) is 14.2. The topological polar surface area (TPSA) is 63.5 Å². The summed E-state index contributed by atoms with van der Waals surface area (Å²) in [5.41, 5.74) is 6.92. The van der Waals surface area contributed by atoms with Gasteiger partial charge in [-0.1, -0.05) is 24.3 Å². The molecule has 0 saturated carbocycles. The van der Waals surface area contributed by atoms with Crippen LogP contribution in [0.15, 0.2) is 42.5 Å². The Bertz CT molecular complexity index is 577. The molecule has 1 aromatic rings. The molecule has 0 amide bonds. The van der Waals surface area contributed by atoms with Gasteiger partial charge in [-0.15, -0.1) is 6.58 Å². The molecular formula is C18H27N5. The summed E-state index contributed by atoms with van der Waals surface area (Å²) in [4.78, 5) is 2.21. The highest BCUT2D eigenvalue weighted by Crippen LogP contribution is 2.28. The molecule has 0 saturated heterocycles. The van der Waals surface area contributed by atoms with Gasteiger partial charge < -0.3 is 15.6 Å². The van der Waals surface area contributed by atoms with Gasteiger partial charge >= 0.3 is 0 Å². The van der Waals surface area contributed by atoms with Gasteiger partial charge in [-0.3, -0.25) is 5.43 Å². The van der Waals surface area contributed by atoms with Crippen LogP contribution in [0.3, 0.4) is 0 Å². The van der Waals surface area contributed by atoms with E-state index in [0.29, 0.717) is 6.67 Å². The van der Waals surface area contributed by atoms with E-state index >= 15 is 0 Å². The molecular weight excluding hydrogens is 286 g/mol. The van der Waals surface area contributed by atoms with Crippen LogP contribution >= 0.6 is 0 Å². The average Bonchev–Trinajstić information content (AvgIpc) is 2.53. The maximum atomic E-state index is 7.01. The van der Waals surface area contributed by atoms with Crippen LogP contribution in [0, 0.1) is 12.3 Å². The van der Waals surface area contributed by atoms with E-state index in [1.165, 1.54) is 6.21 Å². The molecule has 0 bridgehead atoms. The van der Waals surface area contributed by atoms with E-state index in [0.717, 1.165) is 35.1 Å². The molecule has 0 aliphatic heterocycles. The predicted molar refractivity (Wildman–Crippen MR) is 101 cm³/mol. The minimum absolute atomic E-state index is 0.283. The number of aryl methyl sites for hydroxylation is 1. The maximum absolute atomic E-state index is 7.01. The zero-order valence-electron chi connectivity index (χ0n) is 14.3. The molecule has 5 heteroatoms. The van der Waals surface area contributed by atoms with Crippen molar-refractivity contribution in [2.45, 2.75) is 26.3 Å². The highest BCUT2D eigenvalue weighted by atomic mass is 15.3. The highest BCUT2D eigenvalue weighted by Gasteiger charge is 2.17. The van der Waals surface area contributed by atoms with E-state index in [2.05, 4.69) is 53.8 Å². The molecule has 0 spiro atoms. The molecule has 5 nitrogen and oxygen atoms in total. The van der Waals surface area contributed by atoms with E-state index in [-0.39, 0.29) is 6.04 Å². The Morgan fingerprint density at radius 2 is 2.22 bits per heavy atom. The Kier molecular flexibility index (Phi) is 7.77. The number of anilines is 1. The lowest BCUT2D eigenvalue weighted by Crippen LogP contribution is -2.37. The quantitative estimate of drug-likeness (QED) is 0.268. The Morgan fingerprint density at radius 1 is 1.48 bits per heavy atom. The molecule has 124 valence electrons. The molecule has 0 aromatic heterocycles. The maximum Gasteiger partial charge on any atom is 0.0682 e. The van der Waals surface area contributed by atoms with Gasteiger partial charge in [-0.05, 0) is 39.4 Å². The predicted octanol–water partition coefficient (Wildman–Crippen LogP) is 3.46. The minimum atomic E-state index is 0.283. The minimum Gasteiger partial charge on any atom is -0.356 e. The second kappa shape index (κ2) is 9.58. The van der Waals surface area contributed by atoms with Gasteiger partial charge in [-0.25, -0.2) is 0 Å². The number of hydrogen-bond acceptors (Lipinski definition) is 5. The molecule has 1 rings (SSSR count). The van der Waals surface area contributed by atoms with Crippen molar-refractivity contribution in [2.75, 3.05) is 19.1 Å². The van der Waals surface area contributed by atoms with E-state index in [9.17, 15) is 0 Å². The van der Waals surface area contributed by atoms with Gasteiger partial charge in [0, 0.05) is 23.5 Å². The van der Waals surface area contributed by atoms with Crippen LogP contribution in [0.2, 0.25) is 0 Å². The molecule has 1 unspecified atom stereocenters. The van der Waals surface area contributed by atoms with Crippen LogP contribution in [0.5, 0.6) is 0 Å². The lowest BCUT2D eigenvalue weighted by Gasteiger charge is -2.33. The van der Waals surface area contributed by atoms with Crippen molar-refractivity contribution in [1.29, 1.82) is 5.41 Å². The molecule has 23 heavy (non-hydrogen) atoms. The third-order valence-electron chi connectivity index (χ3n) is 3.54. The Morgan fingerprint density at radius 3 is 2.83 bits per heavy atom. The van der Waals surface area contributed by atoms with Crippen LogP contribution in [0.4, 0.5) is 5.69 Å². The fourth-order valence-corrected chi connectivity index (χ4v) is 2.35. The van der Waals surface area contributed by atoms with Crippen LogP contribution in [-0.4, -0.2) is 37.1 Å². The molecule has 0 fully saturated rings. The lowest BCUT2D eigenvalue weighted by molar-refractivity contribution is 0.299. The Balaban J connectivity index is 3.15. The van der Waals surface area contributed by atoms with Crippen LogP contribution in [-0.2, 0) is 0 Å². The number of nitrogens with zero attached hydrogens (tertiary/aromatic N) is 2. The van der Waals surface area contributed by atoms with Gasteiger partial charge in [0.25, 0.3) is 0 Å². The van der Waals surface area contributed by atoms with Gasteiger partial charge in [0.2, 0.25) is 0 Å². The molecule has 0 aliphatic rings. The first-order valence-electron chi connectivity index (χ1n) is 7.65. The molecule has 3 N–H and O–H groups in total. The summed E-state index contributed by atoms with van der Waals surface area (Å²) >= 11 is 0. The molecule has 1 aromatic carbocycles. The van der Waals surface area contributed by atoms with Crippen LogP contribution in [0.1, 0.15) is 24.5 Å². The third-order valence-corrected chi connectivity index (χ3v) is 3.54. The monoisotopic (exact) mass is 313 g/mol. The summed E-state index contributed by atoms with van der Waals surface area (Å²) in [6.07, 6.45) is 5.33. The molecule has 0 aliphatic carbocycles. The SMILES string of the molecule is C=CCC(C)N(CNC)C(=C)c1cc(C)ccc1N/N=C\C=N. The number of hydrogen-bond donors (Lipinski definition) is 3. The van der Waals surface area contributed by atoms with Crippen LogP contribution in [0.25, 0.3) is 5.70 Å². The Labute approximate surface area is 139 Å². The number of hydrazone groups is 1. The van der Waals surface area contributed by atoms with E-state index in [1.54, 1.807) is 0 Å². The fraction of sp³-hybridized carbons (Fsp3) is 0.333. The summed E-state index contributed by atoms with van der Waals surface area (Å²) in [6.45, 7) is 13.0. The number of nitrogens with one attached hydrogen (secondary N) is 3. The van der Waals surface area contributed by atoms with Crippen LogP contribution < -0.4 is 10.7 Å². The molecule has 0 heterocycles. The summed E-state index contributed by atoms with van der Waals surface area (Å²) in [7, 11) is 1.92. The fourth-order valence-electron chi connectivity index (χ4n) is 2.35. The van der Waals surface area contributed by atoms with Crippen molar-refractivity contribution in [1.82, 2.24) is 10.2 Å². The largest absolute Gasteiger partial charge is 0.356 e. The first kappa shape index (κ1) is 18.6. The zero-order chi connectivity index (χ0) is 17.2. The number of rotatable bonds is 10. The van der Waals surface area contributed by atoms with Gasteiger partial charge in [0.1, 0.15) is 0 Å². The second-order valence-corrected chi connectivity index (χ2v) is 5.41. The van der Waals surface area contributed by atoms with Crippen molar-refractivity contribution in [3.05, 3.63) is 48.6 Å². The smallest absolute Gasteiger partial charge is 0.0682 e. The normalized spacial score (nSPS) is 12.0. The summed E-state index contributed by atoms with van der Waals surface area (Å²) in [5.74, 6) is 0. The first-order chi connectivity index (χ1) is 11.0. The Hall–Kier alpha value is -2.40. The van der Waals surface area contributed by atoms with Gasteiger partial charge in [-0.2, -0.15) is 5.10 Å². The average molecular weight is 313 g/mol. The second-order valence-electron chi connectivity index (χ2n) is 5.41. The standard InChI is InChI=1S/C18H27N5/c1-6-7-15(3)23(13-20-5)16(4)17-12-14(2)8-9-18(17)22-21-11-10-19/h6,8-12,15,19-20,22H,1,4,7,13H2,2-3,5H3/b19-10?,21-11-. The van der Waals surface area contributed by atoms with Crippen molar-refractivity contribution >= 4 is 23.8 Å². The molecule has 0 radical (unpaired) electrons. The van der Waals surface area contributed by atoms with E-state index in [1.807, 2.05) is 25.3 Å². The van der Waals surface area contributed by atoms with E-state index in [4.69, 9.17) is 5.41 Å². The summed E-state index contributed by atoms with van der Waals surface area (Å²) < 4.78 is 0. The summed E-state index contributed by atoms with van der Waals surface area (Å²) in [6, 6.07) is 6.38. The third kappa shape index (κ3) is 5.38. The van der Waals surface area contributed by atoms with Crippen molar-refractivity contribution in [3.63, 3.8) is 0 Å². The zero-order valence-corrected chi connectivity index (χ0v) is 14.3. The first-order valence-corrected chi connectivity index (χ1v) is 7.65. The van der Waals surface area contributed by atoms with E-state index < -0.39 is 0 Å². The van der Waals surface area contributed by atoms with Gasteiger partial charge in [0.05, 0.1) is 18.6 Å². The van der Waals surface area contributed by atoms with Gasteiger partial charge in [0.15, 0.2) is 0 Å². The highest BCUT2D eigenvalue weighted by molar-refractivity contribution is 6.14.